The fourth-order valence-electron chi connectivity index (χ4n) is 9.50. The molecule has 0 saturated carbocycles. The first-order valence-corrected chi connectivity index (χ1v) is 21.2. The molecule has 0 atom stereocenters. The Kier molecular flexibility index (Phi) is 8.53. The van der Waals surface area contributed by atoms with Crippen molar-refractivity contribution in [3.63, 3.8) is 0 Å². The molecule has 1 heterocycles. The zero-order chi connectivity index (χ0) is 41.0. The number of furan rings is 1. The maximum absolute atomic E-state index is 7.04. The molecule has 2 heteroatoms. The summed E-state index contributed by atoms with van der Waals surface area (Å²) in [6, 6.07) is 85.3. The van der Waals surface area contributed by atoms with Crippen molar-refractivity contribution in [2.45, 2.75) is 0 Å². The number of hydrogen-bond acceptors (Lipinski definition) is 2. The van der Waals surface area contributed by atoms with Gasteiger partial charge in [0.15, 0.2) is 0 Å². The Morgan fingerprint density at radius 3 is 1.56 bits per heavy atom. The Morgan fingerprint density at radius 1 is 0.274 bits per heavy atom. The molecule has 0 N–H and O–H groups in total. The lowest BCUT2D eigenvalue weighted by atomic mass is 9.91. The lowest BCUT2D eigenvalue weighted by Crippen LogP contribution is -2.10. The lowest BCUT2D eigenvalue weighted by Gasteiger charge is -2.27. The molecule has 11 aromatic carbocycles. The van der Waals surface area contributed by atoms with Crippen LogP contribution in [0.5, 0.6) is 0 Å². The maximum Gasteiger partial charge on any atom is 0.143 e. The van der Waals surface area contributed by atoms with Gasteiger partial charge in [0.1, 0.15) is 11.3 Å². The Balaban J connectivity index is 1.02. The van der Waals surface area contributed by atoms with E-state index < -0.39 is 0 Å². The third-order valence-electron chi connectivity index (χ3n) is 12.4. The molecule has 12 rings (SSSR count). The fraction of sp³-hybridized carbons (Fsp3) is 0. The quantitative estimate of drug-likeness (QED) is 0.150. The molecule has 0 bridgehead atoms. The summed E-state index contributed by atoms with van der Waals surface area (Å²) in [5, 5.41) is 10.8. The van der Waals surface area contributed by atoms with Crippen molar-refractivity contribution < 1.29 is 4.42 Å². The summed E-state index contributed by atoms with van der Waals surface area (Å²) in [6.45, 7) is 0. The predicted molar refractivity (Wildman–Crippen MR) is 263 cm³/mol. The summed E-state index contributed by atoms with van der Waals surface area (Å²) in [6.07, 6.45) is 0. The van der Waals surface area contributed by atoms with Gasteiger partial charge < -0.3 is 9.32 Å². The Labute approximate surface area is 360 Å². The standard InChI is InChI=1S/C60H39NO/c1-3-15-40(16-4-1)41-31-33-48(34-32-41)61(50-35-36-52-46(39-50)30-29-42-17-7-8-24-51(42)52)49-23-14-21-45(38-49)44-20-13-22-47(37-44)57-58-55-27-11-9-25-53(55)54-26-10-12-28-56(54)60(58)62-59(57)43-18-5-2-6-19-43/h1-39H. The molecule has 0 radical (unpaired) electrons. The molecule has 12 aromatic rings. The van der Waals surface area contributed by atoms with Crippen molar-refractivity contribution in [3.8, 4) is 44.7 Å². The van der Waals surface area contributed by atoms with Crippen molar-refractivity contribution in [1.82, 2.24) is 0 Å². The zero-order valence-electron chi connectivity index (χ0n) is 33.9. The summed E-state index contributed by atoms with van der Waals surface area (Å²) < 4.78 is 7.04. The van der Waals surface area contributed by atoms with Crippen LogP contribution in [-0.2, 0) is 0 Å². The molecule has 0 aliphatic carbocycles. The molecule has 0 unspecified atom stereocenters. The normalized spacial score (nSPS) is 11.5. The van der Waals surface area contributed by atoms with Gasteiger partial charge >= 0.3 is 0 Å². The van der Waals surface area contributed by atoms with Gasteiger partial charge in [0.2, 0.25) is 0 Å². The number of hydrogen-bond donors (Lipinski definition) is 0. The molecule has 0 aliphatic heterocycles. The summed E-state index contributed by atoms with van der Waals surface area (Å²) in [5.41, 5.74) is 12.1. The number of nitrogens with zero attached hydrogens (tertiary/aromatic N) is 1. The van der Waals surface area contributed by atoms with Crippen LogP contribution in [0, 0.1) is 0 Å². The maximum atomic E-state index is 7.04. The highest BCUT2D eigenvalue weighted by molar-refractivity contribution is 6.28. The zero-order valence-corrected chi connectivity index (χ0v) is 33.9. The van der Waals surface area contributed by atoms with Gasteiger partial charge in [-0.25, -0.2) is 0 Å². The molecule has 1 aromatic heterocycles. The fourth-order valence-corrected chi connectivity index (χ4v) is 9.50. The first-order chi connectivity index (χ1) is 30.7. The van der Waals surface area contributed by atoms with Gasteiger partial charge in [-0.1, -0.05) is 194 Å². The third-order valence-corrected chi connectivity index (χ3v) is 12.4. The third kappa shape index (κ3) is 6.04. The van der Waals surface area contributed by atoms with Crippen LogP contribution in [0.1, 0.15) is 0 Å². The van der Waals surface area contributed by atoms with E-state index in [0.29, 0.717) is 0 Å². The van der Waals surface area contributed by atoms with E-state index in [1.807, 2.05) is 0 Å². The second kappa shape index (κ2) is 14.8. The Morgan fingerprint density at radius 2 is 0.790 bits per heavy atom. The predicted octanol–water partition coefficient (Wildman–Crippen LogP) is 17.2. The molecule has 2 nitrogen and oxygen atoms in total. The minimum absolute atomic E-state index is 0.877. The van der Waals surface area contributed by atoms with Gasteiger partial charge in [-0.05, 0) is 108 Å². The minimum Gasteiger partial charge on any atom is -0.455 e. The van der Waals surface area contributed by atoms with Crippen molar-refractivity contribution >= 4 is 71.1 Å². The smallest absolute Gasteiger partial charge is 0.143 e. The van der Waals surface area contributed by atoms with E-state index in [1.165, 1.54) is 48.8 Å². The van der Waals surface area contributed by atoms with Crippen LogP contribution in [0.4, 0.5) is 17.1 Å². The average Bonchev–Trinajstić information content (AvgIpc) is 3.77. The van der Waals surface area contributed by atoms with E-state index in [1.54, 1.807) is 0 Å². The molecule has 62 heavy (non-hydrogen) atoms. The summed E-state index contributed by atoms with van der Waals surface area (Å²) in [5.74, 6) is 0.877. The van der Waals surface area contributed by atoms with Crippen LogP contribution in [0.3, 0.4) is 0 Å². The summed E-state index contributed by atoms with van der Waals surface area (Å²) in [7, 11) is 0. The molecule has 0 amide bonds. The van der Waals surface area contributed by atoms with Crippen molar-refractivity contribution in [3.05, 3.63) is 237 Å². The van der Waals surface area contributed by atoms with E-state index in [-0.39, 0.29) is 0 Å². The summed E-state index contributed by atoms with van der Waals surface area (Å²) in [4.78, 5) is 2.38. The van der Waals surface area contributed by atoms with Crippen LogP contribution >= 0.6 is 0 Å². The molecule has 0 fully saturated rings. The number of anilines is 3. The highest BCUT2D eigenvalue weighted by Crippen LogP contribution is 2.48. The van der Waals surface area contributed by atoms with E-state index in [2.05, 4.69) is 241 Å². The molecule has 0 aliphatic rings. The molecular weight excluding hydrogens is 751 g/mol. The van der Waals surface area contributed by atoms with Crippen LogP contribution in [0.25, 0.3) is 98.8 Å². The SMILES string of the molecule is c1ccc(-c2ccc(N(c3cccc(-c4cccc(-c5c(-c6ccccc6)oc6c7ccccc7c7ccccc7c56)c4)c3)c3ccc4c(ccc5ccccc54)c3)cc2)cc1. The molecule has 0 spiro atoms. The van der Waals surface area contributed by atoms with Crippen molar-refractivity contribution in [1.29, 1.82) is 0 Å². The van der Waals surface area contributed by atoms with Gasteiger partial charge in [-0.15, -0.1) is 0 Å². The van der Waals surface area contributed by atoms with E-state index in [4.69, 9.17) is 4.42 Å². The van der Waals surface area contributed by atoms with Crippen LogP contribution in [0.2, 0.25) is 0 Å². The molecule has 0 saturated heterocycles. The Bertz CT molecular complexity index is 3620. The van der Waals surface area contributed by atoms with Gasteiger partial charge in [-0.3, -0.25) is 0 Å². The van der Waals surface area contributed by atoms with Gasteiger partial charge in [0.25, 0.3) is 0 Å². The van der Waals surface area contributed by atoms with E-state index >= 15 is 0 Å². The Hall–Kier alpha value is -8.20. The summed E-state index contributed by atoms with van der Waals surface area (Å²) >= 11 is 0. The number of fused-ring (bicyclic) bond motifs is 9. The first-order valence-electron chi connectivity index (χ1n) is 21.2. The largest absolute Gasteiger partial charge is 0.455 e. The van der Waals surface area contributed by atoms with Gasteiger partial charge in [0.05, 0.1) is 0 Å². The van der Waals surface area contributed by atoms with Gasteiger partial charge in [0, 0.05) is 39.0 Å². The van der Waals surface area contributed by atoms with Crippen molar-refractivity contribution in [2.24, 2.45) is 0 Å². The van der Waals surface area contributed by atoms with Crippen LogP contribution < -0.4 is 4.90 Å². The molecule has 290 valence electrons. The van der Waals surface area contributed by atoms with Crippen molar-refractivity contribution in [2.75, 3.05) is 4.90 Å². The second-order valence-corrected chi connectivity index (χ2v) is 16.0. The second-order valence-electron chi connectivity index (χ2n) is 16.0. The van der Waals surface area contributed by atoms with Crippen LogP contribution in [0.15, 0.2) is 241 Å². The van der Waals surface area contributed by atoms with E-state index in [9.17, 15) is 0 Å². The molecular formula is C60H39NO. The number of benzene rings is 11. The first kappa shape index (κ1) is 35.7. The topological polar surface area (TPSA) is 16.4 Å². The van der Waals surface area contributed by atoms with Crippen LogP contribution in [-0.4, -0.2) is 0 Å². The minimum atomic E-state index is 0.877. The van der Waals surface area contributed by atoms with Gasteiger partial charge in [-0.2, -0.15) is 0 Å². The highest BCUT2D eigenvalue weighted by atomic mass is 16.3. The monoisotopic (exact) mass is 789 g/mol. The highest BCUT2D eigenvalue weighted by Gasteiger charge is 2.23. The van der Waals surface area contributed by atoms with E-state index in [0.717, 1.165) is 67.0 Å². The lowest BCUT2D eigenvalue weighted by molar-refractivity contribution is 0.636. The average molecular weight is 790 g/mol. The number of rotatable bonds is 7.